The van der Waals surface area contributed by atoms with E-state index in [0.717, 1.165) is 24.2 Å². The quantitative estimate of drug-likeness (QED) is 0.777. The first-order chi connectivity index (χ1) is 9.31. The number of carboxylic acids is 1. The van der Waals surface area contributed by atoms with Gasteiger partial charge in [-0.2, -0.15) is 0 Å². The van der Waals surface area contributed by atoms with E-state index in [1.807, 2.05) is 0 Å². The molecule has 0 radical (unpaired) electrons. The van der Waals surface area contributed by atoms with Crippen LogP contribution in [-0.2, 0) is 10.0 Å². The summed E-state index contributed by atoms with van der Waals surface area (Å²) in [5.74, 6) is -1.14. The van der Waals surface area contributed by atoms with Gasteiger partial charge in [-0.15, -0.1) is 11.3 Å². The van der Waals surface area contributed by atoms with Gasteiger partial charge in [-0.3, -0.25) is 0 Å². The molecule has 1 fully saturated rings. The summed E-state index contributed by atoms with van der Waals surface area (Å²) in [6, 6.07) is 0.668. The smallest absolute Gasteiger partial charge is 0.345 e. The molecular weight excluding hydrogens is 302 g/mol. The highest BCUT2D eigenvalue weighted by Crippen LogP contribution is 2.27. The van der Waals surface area contributed by atoms with Crippen molar-refractivity contribution in [2.24, 2.45) is 0 Å². The zero-order valence-electron chi connectivity index (χ0n) is 11.0. The number of aliphatic hydroxyl groups is 1. The third-order valence-electron chi connectivity index (χ3n) is 3.41. The molecular formula is C12H17NO5S2. The van der Waals surface area contributed by atoms with Crippen molar-refractivity contribution in [3.8, 4) is 0 Å². The largest absolute Gasteiger partial charge is 0.477 e. The molecule has 0 unspecified atom stereocenters. The van der Waals surface area contributed by atoms with Crippen LogP contribution in [0.2, 0.25) is 0 Å². The van der Waals surface area contributed by atoms with Crippen LogP contribution in [0.3, 0.4) is 0 Å². The molecule has 1 heterocycles. The fraction of sp³-hybridized carbons (Fsp3) is 0.583. The molecule has 0 amide bonds. The molecule has 2 atom stereocenters. The maximum Gasteiger partial charge on any atom is 0.345 e. The molecule has 20 heavy (non-hydrogen) atoms. The predicted octanol–water partition coefficient (Wildman–Crippen LogP) is 1.34. The minimum atomic E-state index is -3.80. The number of aryl methyl sites for hydroxylation is 1. The number of nitrogens with one attached hydrogen (secondary N) is 1. The molecule has 1 aromatic rings. The minimum absolute atomic E-state index is 0.00734. The molecule has 0 spiro atoms. The number of sulfonamides is 1. The van der Waals surface area contributed by atoms with E-state index >= 15 is 0 Å². The first-order valence-corrected chi connectivity index (χ1v) is 8.65. The molecule has 0 aliphatic heterocycles. The van der Waals surface area contributed by atoms with Crippen molar-refractivity contribution in [3.63, 3.8) is 0 Å². The number of aromatic carboxylic acids is 1. The van der Waals surface area contributed by atoms with Crippen LogP contribution in [0.4, 0.5) is 0 Å². The van der Waals surface area contributed by atoms with Crippen LogP contribution in [0.15, 0.2) is 11.0 Å². The van der Waals surface area contributed by atoms with E-state index in [1.54, 1.807) is 6.92 Å². The second-order valence-corrected chi connectivity index (χ2v) is 7.85. The lowest BCUT2D eigenvalue weighted by molar-refractivity contribution is 0.0702. The van der Waals surface area contributed by atoms with Crippen molar-refractivity contribution < 1.29 is 23.4 Å². The monoisotopic (exact) mass is 319 g/mol. The highest BCUT2D eigenvalue weighted by molar-refractivity contribution is 7.89. The first kappa shape index (κ1) is 15.4. The Bertz CT molecular complexity index is 607. The maximum absolute atomic E-state index is 12.3. The van der Waals surface area contributed by atoms with E-state index in [0.29, 0.717) is 17.7 Å². The van der Waals surface area contributed by atoms with Gasteiger partial charge in [-0.1, -0.05) is 12.8 Å². The summed E-state index contributed by atoms with van der Waals surface area (Å²) in [6.45, 7) is 1.57. The zero-order valence-corrected chi connectivity index (χ0v) is 12.6. The number of hydrogen-bond acceptors (Lipinski definition) is 5. The fourth-order valence-corrected chi connectivity index (χ4v) is 5.08. The molecule has 3 N–H and O–H groups in total. The number of carboxylic acid groups (broad SMARTS) is 1. The van der Waals surface area contributed by atoms with Gasteiger partial charge in [0.05, 0.1) is 11.0 Å². The summed E-state index contributed by atoms with van der Waals surface area (Å²) in [7, 11) is -3.80. The molecule has 1 aliphatic carbocycles. The van der Waals surface area contributed by atoms with Crippen molar-refractivity contribution in [1.82, 2.24) is 4.72 Å². The van der Waals surface area contributed by atoms with E-state index in [4.69, 9.17) is 5.11 Å². The average Bonchev–Trinajstić information content (AvgIpc) is 2.75. The molecule has 1 saturated carbocycles. The highest BCUT2D eigenvalue weighted by Gasteiger charge is 2.30. The van der Waals surface area contributed by atoms with E-state index < -0.39 is 28.1 Å². The normalized spacial score (nSPS) is 23.7. The third-order valence-corrected chi connectivity index (χ3v) is 6.19. The SMILES string of the molecule is Cc1sc(C(=O)O)cc1S(=O)(=O)N[C@H]1CCCC[C@@H]1O. The lowest BCUT2D eigenvalue weighted by Crippen LogP contribution is -2.44. The van der Waals surface area contributed by atoms with Crippen molar-refractivity contribution in [3.05, 3.63) is 15.8 Å². The second kappa shape index (κ2) is 5.80. The Kier molecular flexibility index (Phi) is 4.48. The van der Waals surface area contributed by atoms with Gasteiger partial charge in [-0.05, 0) is 25.8 Å². The Balaban J connectivity index is 2.24. The van der Waals surface area contributed by atoms with Crippen LogP contribution in [0.25, 0.3) is 0 Å². The molecule has 2 rings (SSSR count). The number of carbonyl (C=O) groups is 1. The van der Waals surface area contributed by atoms with Crippen molar-refractivity contribution in [2.45, 2.75) is 49.6 Å². The van der Waals surface area contributed by atoms with Crippen molar-refractivity contribution >= 4 is 27.3 Å². The predicted molar refractivity (Wildman–Crippen MR) is 74.6 cm³/mol. The van der Waals surface area contributed by atoms with Gasteiger partial charge in [0.1, 0.15) is 4.88 Å². The lowest BCUT2D eigenvalue weighted by Gasteiger charge is -2.28. The van der Waals surface area contributed by atoms with Gasteiger partial charge in [-0.25, -0.2) is 17.9 Å². The summed E-state index contributed by atoms with van der Waals surface area (Å²) in [4.78, 5) is 11.3. The molecule has 0 saturated heterocycles. The number of aliphatic hydroxyl groups excluding tert-OH is 1. The standard InChI is InChI=1S/C12H17NO5S2/c1-7-11(6-10(19-7)12(15)16)20(17,18)13-8-4-2-3-5-9(8)14/h6,8-9,13-14H,2-5H2,1H3,(H,15,16)/t8-,9-/m0/s1. The Morgan fingerprint density at radius 2 is 2.05 bits per heavy atom. The van der Waals surface area contributed by atoms with Gasteiger partial charge >= 0.3 is 5.97 Å². The summed E-state index contributed by atoms with van der Waals surface area (Å²) >= 11 is 0.931. The lowest BCUT2D eigenvalue weighted by atomic mass is 9.93. The maximum atomic E-state index is 12.3. The Hall–Kier alpha value is -0.960. The van der Waals surface area contributed by atoms with Gasteiger partial charge in [0.2, 0.25) is 10.0 Å². The molecule has 8 heteroatoms. The Labute approximate surface area is 121 Å². The van der Waals surface area contributed by atoms with Crippen LogP contribution in [-0.4, -0.2) is 36.7 Å². The summed E-state index contributed by atoms with van der Waals surface area (Å²) in [6.07, 6.45) is 2.25. The summed E-state index contributed by atoms with van der Waals surface area (Å²) in [5, 5.41) is 18.7. The van der Waals surface area contributed by atoms with E-state index in [1.165, 1.54) is 6.07 Å². The fourth-order valence-electron chi connectivity index (χ4n) is 2.35. The van der Waals surface area contributed by atoms with E-state index in [9.17, 15) is 18.3 Å². The summed E-state index contributed by atoms with van der Waals surface area (Å²) < 4.78 is 27.1. The van der Waals surface area contributed by atoms with Crippen LogP contribution < -0.4 is 4.72 Å². The minimum Gasteiger partial charge on any atom is -0.477 e. The first-order valence-electron chi connectivity index (χ1n) is 6.35. The van der Waals surface area contributed by atoms with Gasteiger partial charge in [0, 0.05) is 10.9 Å². The highest BCUT2D eigenvalue weighted by atomic mass is 32.2. The molecule has 1 aliphatic rings. The van der Waals surface area contributed by atoms with E-state index in [2.05, 4.69) is 4.72 Å². The average molecular weight is 319 g/mol. The molecule has 112 valence electrons. The number of rotatable bonds is 4. The van der Waals surface area contributed by atoms with Crippen molar-refractivity contribution in [1.29, 1.82) is 0 Å². The second-order valence-electron chi connectivity index (χ2n) is 4.92. The molecule has 6 nitrogen and oxygen atoms in total. The Morgan fingerprint density at radius 3 is 2.60 bits per heavy atom. The van der Waals surface area contributed by atoms with Crippen molar-refractivity contribution in [2.75, 3.05) is 0 Å². The molecule has 0 bridgehead atoms. The third kappa shape index (κ3) is 3.20. The van der Waals surface area contributed by atoms with Gasteiger partial charge in [0.25, 0.3) is 0 Å². The van der Waals surface area contributed by atoms with Crippen LogP contribution in [0.1, 0.15) is 40.2 Å². The Morgan fingerprint density at radius 1 is 1.40 bits per heavy atom. The number of hydrogen-bond donors (Lipinski definition) is 3. The molecule has 1 aromatic heterocycles. The van der Waals surface area contributed by atoms with Gasteiger partial charge in [0.15, 0.2) is 0 Å². The number of thiophene rings is 1. The van der Waals surface area contributed by atoms with Crippen LogP contribution in [0.5, 0.6) is 0 Å². The zero-order chi connectivity index (χ0) is 14.9. The summed E-state index contributed by atoms with van der Waals surface area (Å²) in [5.41, 5.74) is 0. The van der Waals surface area contributed by atoms with Crippen LogP contribution >= 0.6 is 11.3 Å². The van der Waals surface area contributed by atoms with Gasteiger partial charge < -0.3 is 10.2 Å². The van der Waals surface area contributed by atoms with Crippen LogP contribution in [0, 0.1) is 6.92 Å². The van der Waals surface area contributed by atoms with E-state index in [-0.39, 0.29) is 9.77 Å². The molecule has 0 aromatic carbocycles. The topological polar surface area (TPSA) is 104 Å².